The van der Waals surface area contributed by atoms with Gasteiger partial charge in [-0.25, -0.2) is 0 Å². The van der Waals surface area contributed by atoms with E-state index in [0.717, 1.165) is 12.1 Å². The van der Waals surface area contributed by atoms with E-state index in [1.807, 2.05) is 0 Å². The van der Waals surface area contributed by atoms with Gasteiger partial charge in [0.05, 0.1) is 21.3 Å². The Morgan fingerprint density at radius 2 is 1.88 bits per heavy atom. The molecule has 0 aliphatic heterocycles. The second-order valence-electron chi connectivity index (χ2n) is 2.77. The molecule has 8 heteroatoms. The molecule has 0 bridgehead atoms. The minimum absolute atomic E-state index is 0.00537. The average Bonchev–Trinajstić information content (AvgIpc) is 2.09. The fourth-order valence-corrected chi connectivity index (χ4v) is 1.68. The Hall–Kier alpha value is -0.720. The van der Waals surface area contributed by atoms with Gasteiger partial charge in [0.25, 0.3) is 0 Å². The van der Waals surface area contributed by atoms with E-state index >= 15 is 0 Å². The Bertz CT molecular complexity index is 434. The van der Waals surface area contributed by atoms with Crippen molar-refractivity contribution in [3.63, 3.8) is 0 Å². The predicted molar refractivity (Wildman–Crippen MR) is 61.9 cm³/mol. The molecule has 0 fully saturated rings. The van der Waals surface area contributed by atoms with Gasteiger partial charge in [-0.1, -0.05) is 23.2 Å². The number of halogens is 5. The predicted octanol–water partition coefficient (Wildman–Crippen LogP) is 3.67. The van der Waals surface area contributed by atoms with Crippen molar-refractivity contribution in [3.8, 4) is 0 Å². The lowest BCUT2D eigenvalue weighted by molar-refractivity contribution is -0.137. The zero-order chi connectivity index (χ0) is 12.5. The van der Waals surface area contributed by atoms with Crippen LogP contribution in [-0.4, -0.2) is 5.11 Å². The molecule has 0 aliphatic carbocycles. The van der Waals surface area contributed by atoms with Gasteiger partial charge in [0.2, 0.25) is 0 Å². The molecule has 0 saturated carbocycles. The van der Waals surface area contributed by atoms with Crippen LogP contribution in [0.25, 0.3) is 0 Å². The lowest BCUT2D eigenvalue weighted by Crippen LogP contribution is -2.20. The van der Waals surface area contributed by atoms with Gasteiger partial charge in [-0.15, -0.1) is 0 Å². The van der Waals surface area contributed by atoms with E-state index in [1.54, 1.807) is 0 Å². The number of nitrogens with two attached hydrogens (primary N) is 1. The number of hydrogen-bond donors (Lipinski definition) is 2. The normalized spacial score (nSPS) is 11.3. The summed E-state index contributed by atoms with van der Waals surface area (Å²) in [5, 5.41) is 1.52. The zero-order valence-electron chi connectivity index (χ0n) is 7.53. The fourth-order valence-electron chi connectivity index (χ4n) is 1.01. The van der Waals surface area contributed by atoms with Crippen molar-refractivity contribution >= 4 is 46.2 Å². The van der Waals surface area contributed by atoms with Crippen LogP contribution in [0, 0.1) is 0 Å². The van der Waals surface area contributed by atoms with Crippen molar-refractivity contribution in [1.82, 2.24) is 0 Å². The number of nitrogens with one attached hydrogen (secondary N) is 1. The van der Waals surface area contributed by atoms with Crippen LogP contribution in [0.4, 0.5) is 18.9 Å². The molecule has 2 nitrogen and oxygen atoms in total. The highest BCUT2D eigenvalue weighted by atomic mass is 35.5. The van der Waals surface area contributed by atoms with Gasteiger partial charge in [-0.2, -0.15) is 13.2 Å². The third kappa shape index (κ3) is 2.90. The maximum atomic E-state index is 12.5. The first-order valence-corrected chi connectivity index (χ1v) is 5.01. The molecule has 0 amide bonds. The van der Waals surface area contributed by atoms with Crippen molar-refractivity contribution in [2.75, 3.05) is 5.32 Å². The standard InChI is InChI=1S/C8H5Cl2F3N2S/c9-4-2-1-3(8(11,12)13)5(10)6(4)15-7(14)16/h1-2H,(H3,14,15,16). The van der Waals surface area contributed by atoms with Crippen LogP contribution in [0.2, 0.25) is 10.0 Å². The SMILES string of the molecule is NC(=S)Nc1c(Cl)ccc(C(F)(F)F)c1Cl. The Labute approximate surface area is 105 Å². The summed E-state index contributed by atoms with van der Waals surface area (Å²) < 4.78 is 37.4. The summed E-state index contributed by atoms with van der Waals surface area (Å²) in [5.41, 5.74) is 3.99. The van der Waals surface area contributed by atoms with Crippen LogP contribution in [0.3, 0.4) is 0 Å². The van der Waals surface area contributed by atoms with E-state index < -0.39 is 16.8 Å². The highest BCUT2D eigenvalue weighted by Gasteiger charge is 2.34. The Morgan fingerprint density at radius 1 is 1.31 bits per heavy atom. The Balaban J connectivity index is 3.33. The van der Waals surface area contributed by atoms with Gasteiger partial charge < -0.3 is 11.1 Å². The van der Waals surface area contributed by atoms with Crippen LogP contribution < -0.4 is 11.1 Å². The Kier molecular flexibility index (Phi) is 3.88. The maximum absolute atomic E-state index is 12.5. The van der Waals surface area contributed by atoms with Gasteiger partial charge in [0, 0.05) is 0 Å². The van der Waals surface area contributed by atoms with Gasteiger partial charge in [0.1, 0.15) is 0 Å². The summed E-state index contributed by atoms with van der Waals surface area (Å²) in [7, 11) is 0. The first-order valence-electron chi connectivity index (χ1n) is 3.85. The zero-order valence-corrected chi connectivity index (χ0v) is 9.86. The molecule has 0 unspecified atom stereocenters. The van der Waals surface area contributed by atoms with Crippen molar-refractivity contribution in [2.45, 2.75) is 6.18 Å². The summed E-state index contributed by atoms with van der Waals surface area (Å²) in [6.45, 7) is 0. The number of benzene rings is 1. The minimum atomic E-state index is -4.56. The summed E-state index contributed by atoms with van der Waals surface area (Å²) in [6.07, 6.45) is -4.56. The number of hydrogen-bond acceptors (Lipinski definition) is 1. The highest BCUT2D eigenvalue weighted by Crippen LogP contribution is 2.41. The molecule has 0 atom stereocenters. The average molecular weight is 289 g/mol. The number of alkyl halides is 3. The lowest BCUT2D eigenvalue weighted by Gasteiger charge is -2.14. The van der Waals surface area contributed by atoms with E-state index in [0.29, 0.717) is 0 Å². The number of anilines is 1. The van der Waals surface area contributed by atoms with Crippen molar-refractivity contribution in [2.24, 2.45) is 5.73 Å². The summed E-state index contributed by atoms with van der Waals surface area (Å²) in [6, 6.07) is 1.85. The largest absolute Gasteiger partial charge is 0.417 e. The van der Waals surface area contributed by atoms with Gasteiger partial charge in [-0.3, -0.25) is 0 Å². The number of rotatable bonds is 1. The highest BCUT2D eigenvalue weighted by molar-refractivity contribution is 7.80. The molecule has 0 saturated heterocycles. The fraction of sp³-hybridized carbons (Fsp3) is 0.125. The third-order valence-corrected chi connectivity index (χ3v) is 2.45. The summed E-state index contributed by atoms with van der Waals surface area (Å²) in [5.74, 6) is 0. The van der Waals surface area contributed by atoms with Gasteiger partial charge >= 0.3 is 6.18 Å². The molecule has 88 valence electrons. The second kappa shape index (κ2) is 4.65. The van der Waals surface area contributed by atoms with E-state index in [1.165, 1.54) is 0 Å². The summed E-state index contributed by atoms with van der Waals surface area (Å²) in [4.78, 5) is 0. The first-order chi connectivity index (χ1) is 7.23. The molecule has 0 aromatic heterocycles. The van der Waals surface area contributed by atoms with Crippen LogP contribution in [-0.2, 0) is 6.18 Å². The molecule has 0 aliphatic rings. The lowest BCUT2D eigenvalue weighted by atomic mass is 10.2. The van der Waals surface area contributed by atoms with Gasteiger partial charge in [-0.05, 0) is 24.4 Å². The molecule has 0 radical (unpaired) electrons. The van der Waals surface area contributed by atoms with Gasteiger partial charge in [0.15, 0.2) is 5.11 Å². The van der Waals surface area contributed by atoms with E-state index in [-0.39, 0.29) is 15.8 Å². The third-order valence-electron chi connectivity index (χ3n) is 1.64. The molecule has 1 rings (SSSR count). The first kappa shape index (κ1) is 13.3. The molecule has 3 N–H and O–H groups in total. The van der Waals surface area contributed by atoms with E-state index in [9.17, 15) is 13.2 Å². The molecule has 1 aromatic carbocycles. The van der Waals surface area contributed by atoms with Crippen LogP contribution in [0.1, 0.15) is 5.56 Å². The number of thiocarbonyl (C=S) groups is 1. The topological polar surface area (TPSA) is 38.0 Å². The molecule has 0 spiro atoms. The van der Waals surface area contributed by atoms with E-state index in [4.69, 9.17) is 28.9 Å². The second-order valence-corrected chi connectivity index (χ2v) is 4.00. The van der Waals surface area contributed by atoms with Crippen LogP contribution >= 0.6 is 35.4 Å². The summed E-state index contributed by atoms with van der Waals surface area (Å²) >= 11 is 15.7. The quantitative estimate of drug-likeness (QED) is 0.775. The van der Waals surface area contributed by atoms with E-state index in [2.05, 4.69) is 17.5 Å². The molecular weight excluding hydrogens is 284 g/mol. The molecular formula is C8H5Cl2F3N2S. The van der Waals surface area contributed by atoms with Crippen LogP contribution in [0.15, 0.2) is 12.1 Å². The monoisotopic (exact) mass is 288 g/mol. The molecule has 1 aromatic rings. The molecule has 16 heavy (non-hydrogen) atoms. The van der Waals surface area contributed by atoms with Crippen LogP contribution in [0.5, 0.6) is 0 Å². The maximum Gasteiger partial charge on any atom is 0.417 e. The Morgan fingerprint density at radius 3 is 2.31 bits per heavy atom. The van der Waals surface area contributed by atoms with Crippen molar-refractivity contribution in [3.05, 3.63) is 27.7 Å². The van der Waals surface area contributed by atoms with Crippen molar-refractivity contribution < 1.29 is 13.2 Å². The minimum Gasteiger partial charge on any atom is -0.376 e. The smallest absolute Gasteiger partial charge is 0.376 e. The molecule has 0 heterocycles. The van der Waals surface area contributed by atoms with Crippen molar-refractivity contribution in [1.29, 1.82) is 0 Å².